The summed E-state index contributed by atoms with van der Waals surface area (Å²) in [5.41, 5.74) is 14.3. The molecule has 0 unspecified atom stereocenters. The first-order valence-electron chi connectivity index (χ1n) is 19.4. The third-order valence-corrected chi connectivity index (χ3v) is 11.5. The van der Waals surface area contributed by atoms with Gasteiger partial charge in [0.25, 0.3) is 0 Å². The lowest BCUT2D eigenvalue weighted by molar-refractivity contribution is 0.769. The van der Waals surface area contributed by atoms with Crippen molar-refractivity contribution in [2.24, 2.45) is 0 Å². The van der Waals surface area contributed by atoms with Crippen LogP contribution < -0.4 is 4.90 Å². The summed E-state index contributed by atoms with van der Waals surface area (Å²) < 4.78 is 2.24. The molecule has 10 aromatic rings. The van der Waals surface area contributed by atoms with Crippen molar-refractivity contribution < 1.29 is 0 Å². The Morgan fingerprint density at radius 3 is 1.70 bits per heavy atom. The van der Waals surface area contributed by atoms with E-state index in [1.807, 2.05) is 12.3 Å². The van der Waals surface area contributed by atoms with Crippen LogP contribution >= 0.6 is 0 Å². The molecule has 0 aliphatic heterocycles. The lowest BCUT2D eigenvalue weighted by Gasteiger charge is -2.34. The number of hydrogen-bond acceptors (Lipinski definition) is 3. The van der Waals surface area contributed by atoms with Crippen LogP contribution in [-0.2, 0) is 5.41 Å². The van der Waals surface area contributed by atoms with Gasteiger partial charge in [-0.05, 0) is 88.0 Å². The molecular weight excluding hydrogens is 693 g/mol. The number of para-hydroxylation sites is 3. The van der Waals surface area contributed by atoms with E-state index in [0.717, 1.165) is 50.1 Å². The second-order valence-electron chi connectivity index (χ2n) is 14.6. The molecule has 4 heteroatoms. The van der Waals surface area contributed by atoms with Crippen molar-refractivity contribution in [1.29, 1.82) is 0 Å². The summed E-state index contributed by atoms with van der Waals surface area (Å²) in [6.07, 6.45) is 1.88. The molecule has 2 aromatic heterocycles. The Balaban J connectivity index is 1.11. The molecule has 0 amide bonds. The highest BCUT2D eigenvalue weighted by Crippen LogP contribution is 2.56. The first kappa shape index (κ1) is 32.8. The summed E-state index contributed by atoms with van der Waals surface area (Å²) in [6, 6.07) is 76.0. The van der Waals surface area contributed by atoms with Crippen molar-refractivity contribution in [3.63, 3.8) is 0 Å². The summed E-state index contributed by atoms with van der Waals surface area (Å²) in [4.78, 5) is 12.6. The van der Waals surface area contributed by atoms with E-state index < -0.39 is 5.41 Å². The van der Waals surface area contributed by atoms with Gasteiger partial charge in [0.1, 0.15) is 0 Å². The Kier molecular flexibility index (Phi) is 7.68. The highest BCUT2D eigenvalue weighted by Gasteiger charge is 2.46. The lowest BCUT2D eigenvalue weighted by Crippen LogP contribution is -2.28. The van der Waals surface area contributed by atoms with E-state index in [1.165, 1.54) is 33.4 Å². The molecule has 0 saturated carbocycles. The van der Waals surface area contributed by atoms with E-state index in [1.54, 1.807) is 0 Å². The van der Waals surface area contributed by atoms with Gasteiger partial charge in [0.2, 0.25) is 5.95 Å². The van der Waals surface area contributed by atoms with Crippen LogP contribution in [0.1, 0.15) is 22.3 Å². The van der Waals surface area contributed by atoms with E-state index in [-0.39, 0.29) is 0 Å². The largest absolute Gasteiger partial charge is 0.310 e. The van der Waals surface area contributed by atoms with Crippen molar-refractivity contribution in [1.82, 2.24) is 14.5 Å². The topological polar surface area (TPSA) is 34.0 Å². The minimum atomic E-state index is -0.517. The number of hydrogen-bond donors (Lipinski definition) is 0. The Morgan fingerprint density at radius 2 is 1.00 bits per heavy atom. The molecule has 11 rings (SSSR count). The van der Waals surface area contributed by atoms with E-state index in [0.29, 0.717) is 5.95 Å². The van der Waals surface area contributed by atoms with Gasteiger partial charge in [0, 0.05) is 39.6 Å². The van der Waals surface area contributed by atoms with Gasteiger partial charge < -0.3 is 4.90 Å². The fourth-order valence-electron chi connectivity index (χ4n) is 9.15. The summed E-state index contributed by atoms with van der Waals surface area (Å²) in [6.45, 7) is 0. The summed E-state index contributed by atoms with van der Waals surface area (Å²) in [5, 5.41) is 2.33. The number of fused-ring (bicyclic) bond motifs is 6. The normalized spacial score (nSPS) is 12.7. The standard InChI is InChI=1S/C53H36N4/c1-4-18-38(19-5-1)53(47-28-13-10-25-43(47)44-26-11-14-29-48(44)53)39-31-32-46-45-27-12-15-30-50(45)57(51(46)36-39)52-54-34-33-49(55-52)37-17-16-24-42(35-37)56(40-20-6-2-7-21-40)41-22-8-3-9-23-41/h1-36H. The molecule has 0 bridgehead atoms. The molecule has 0 fully saturated rings. The highest BCUT2D eigenvalue weighted by molar-refractivity contribution is 6.09. The monoisotopic (exact) mass is 728 g/mol. The van der Waals surface area contributed by atoms with Gasteiger partial charge in [-0.15, -0.1) is 0 Å². The average molecular weight is 729 g/mol. The Bertz CT molecular complexity index is 2990. The molecular formula is C53H36N4. The van der Waals surface area contributed by atoms with Crippen molar-refractivity contribution >= 4 is 38.9 Å². The predicted molar refractivity (Wildman–Crippen MR) is 234 cm³/mol. The van der Waals surface area contributed by atoms with Crippen LogP contribution in [0.5, 0.6) is 0 Å². The third kappa shape index (κ3) is 5.15. The molecule has 1 aliphatic rings. The minimum absolute atomic E-state index is 0.517. The summed E-state index contributed by atoms with van der Waals surface area (Å²) in [5.74, 6) is 0.630. The van der Waals surface area contributed by atoms with E-state index in [9.17, 15) is 0 Å². The zero-order valence-corrected chi connectivity index (χ0v) is 31.1. The fourth-order valence-corrected chi connectivity index (χ4v) is 9.15. The molecule has 0 N–H and O–H groups in total. The lowest BCUT2D eigenvalue weighted by atomic mass is 9.67. The van der Waals surface area contributed by atoms with Crippen molar-refractivity contribution in [2.75, 3.05) is 4.90 Å². The quantitative estimate of drug-likeness (QED) is 0.164. The van der Waals surface area contributed by atoms with Gasteiger partial charge in [-0.1, -0.05) is 158 Å². The smallest absolute Gasteiger partial charge is 0.235 e. The van der Waals surface area contributed by atoms with E-state index in [4.69, 9.17) is 9.97 Å². The molecule has 268 valence electrons. The maximum Gasteiger partial charge on any atom is 0.235 e. The molecule has 0 saturated heterocycles. The average Bonchev–Trinajstić information content (AvgIpc) is 3.78. The summed E-state index contributed by atoms with van der Waals surface area (Å²) >= 11 is 0. The molecule has 8 aromatic carbocycles. The molecule has 57 heavy (non-hydrogen) atoms. The van der Waals surface area contributed by atoms with E-state index >= 15 is 0 Å². The highest BCUT2D eigenvalue weighted by atomic mass is 15.2. The van der Waals surface area contributed by atoms with Gasteiger partial charge >= 0.3 is 0 Å². The Morgan fingerprint density at radius 1 is 0.421 bits per heavy atom. The SMILES string of the molecule is c1ccc(N(c2ccccc2)c2cccc(-c3ccnc(-n4c5ccccc5c5ccc(C6(c7ccccc7)c7ccccc7-c7ccccc76)cc54)n3)c2)cc1. The van der Waals surface area contributed by atoms with Crippen molar-refractivity contribution in [3.05, 3.63) is 241 Å². The first-order valence-corrected chi connectivity index (χ1v) is 19.4. The maximum atomic E-state index is 5.34. The van der Waals surface area contributed by atoms with Crippen LogP contribution in [0.15, 0.2) is 219 Å². The van der Waals surface area contributed by atoms with Crippen LogP contribution in [0.3, 0.4) is 0 Å². The van der Waals surface area contributed by atoms with Gasteiger partial charge in [0.05, 0.1) is 22.1 Å². The van der Waals surface area contributed by atoms with Crippen LogP contribution in [0.25, 0.3) is 50.1 Å². The van der Waals surface area contributed by atoms with Crippen LogP contribution in [0.4, 0.5) is 17.1 Å². The maximum absolute atomic E-state index is 5.34. The molecule has 0 atom stereocenters. The van der Waals surface area contributed by atoms with Crippen LogP contribution in [0, 0.1) is 0 Å². The number of aromatic nitrogens is 3. The predicted octanol–water partition coefficient (Wildman–Crippen LogP) is 13.1. The second-order valence-corrected chi connectivity index (χ2v) is 14.6. The number of nitrogens with zero attached hydrogens (tertiary/aromatic N) is 4. The zero-order chi connectivity index (χ0) is 37.8. The number of rotatable bonds is 7. The minimum Gasteiger partial charge on any atom is -0.310 e. The second kappa shape index (κ2) is 13.3. The number of benzene rings is 8. The molecule has 4 nitrogen and oxygen atoms in total. The van der Waals surface area contributed by atoms with E-state index in [2.05, 4.69) is 216 Å². The molecule has 2 heterocycles. The van der Waals surface area contributed by atoms with Crippen LogP contribution in [0.2, 0.25) is 0 Å². The number of anilines is 3. The summed E-state index contributed by atoms with van der Waals surface area (Å²) in [7, 11) is 0. The first-order chi connectivity index (χ1) is 28.3. The van der Waals surface area contributed by atoms with Gasteiger partial charge in [-0.2, -0.15) is 0 Å². The Labute approximate surface area is 331 Å². The molecule has 1 aliphatic carbocycles. The fraction of sp³-hybridized carbons (Fsp3) is 0.0189. The Hall–Kier alpha value is -7.56. The molecule has 0 spiro atoms. The zero-order valence-electron chi connectivity index (χ0n) is 31.1. The third-order valence-electron chi connectivity index (χ3n) is 11.5. The van der Waals surface area contributed by atoms with Crippen molar-refractivity contribution in [3.8, 4) is 28.3 Å². The van der Waals surface area contributed by atoms with Crippen molar-refractivity contribution in [2.45, 2.75) is 5.41 Å². The van der Waals surface area contributed by atoms with Gasteiger partial charge in [-0.3, -0.25) is 4.57 Å². The van der Waals surface area contributed by atoms with Crippen LogP contribution in [-0.4, -0.2) is 14.5 Å². The van der Waals surface area contributed by atoms with Gasteiger partial charge in [0.15, 0.2) is 0 Å². The molecule has 0 radical (unpaired) electrons. The van der Waals surface area contributed by atoms with Gasteiger partial charge in [-0.25, -0.2) is 9.97 Å².